The first-order valence-electron chi connectivity index (χ1n) is 10.5. The monoisotopic (exact) mass is 423 g/mol. The number of hydrogen-bond donors (Lipinski definition) is 2. The van der Waals surface area contributed by atoms with E-state index in [1.807, 2.05) is 30.0 Å². The summed E-state index contributed by atoms with van der Waals surface area (Å²) < 4.78 is 27.9. The molecule has 1 saturated heterocycles. The topological polar surface area (TPSA) is 82.6 Å². The van der Waals surface area contributed by atoms with Crippen LogP contribution in [-0.2, 0) is 0 Å². The van der Waals surface area contributed by atoms with E-state index in [1.165, 1.54) is 12.1 Å². The fourth-order valence-corrected chi connectivity index (χ4v) is 3.97. The van der Waals surface area contributed by atoms with Crippen LogP contribution in [0.25, 0.3) is 6.08 Å². The van der Waals surface area contributed by atoms with Crippen LogP contribution in [0, 0.1) is 11.6 Å². The molecule has 1 unspecified atom stereocenters. The van der Waals surface area contributed by atoms with Crippen molar-refractivity contribution in [2.75, 3.05) is 16.8 Å². The number of halogens is 2. The van der Waals surface area contributed by atoms with E-state index in [-0.39, 0.29) is 6.04 Å². The van der Waals surface area contributed by atoms with Gasteiger partial charge in [0, 0.05) is 30.2 Å². The third kappa shape index (κ3) is 4.12. The van der Waals surface area contributed by atoms with Gasteiger partial charge in [-0.2, -0.15) is 20.1 Å². The highest BCUT2D eigenvalue weighted by Crippen LogP contribution is 2.41. The van der Waals surface area contributed by atoms with Crippen molar-refractivity contribution in [3.05, 3.63) is 59.1 Å². The van der Waals surface area contributed by atoms with E-state index < -0.39 is 11.6 Å². The number of hydrogen-bond acceptors (Lipinski definition) is 6. The minimum Gasteiger partial charge on any atom is -0.334 e. The molecule has 0 amide bonds. The number of benzene rings is 1. The first-order chi connectivity index (χ1) is 15.1. The molecule has 7 nitrogen and oxygen atoms in total. The van der Waals surface area contributed by atoms with E-state index in [0.717, 1.165) is 43.3 Å². The van der Waals surface area contributed by atoms with Gasteiger partial charge in [-0.3, -0.25) is 5.10 Å². The van der Waals surface area contributed by atoms with E-state index in [2.05, 4.69) is 25.5 Å². The molecule has 3 heterocycles. The van der Waals surface area contributed by atoms with Gasteiger partial charge < -0.3 is 10.2 Å². The van der Waals surface area contributed by atoms with Crippen LogP contribution in [0.2, 0.25) is 0 Å². The highest BCUT2D eigenvalue weighted by molar-refractivity contribution is 5.56. The molecule has 1 aliphatic carbocycles. The predicted molar refractivity (Wildman–Crippen MR) is 114 cm³/mol. The normalized spacial score (nSPS) is 18.8. The van der Waals surface area contributed by atoms with Crippen LogP contribution in [0.5, 0.6) is 0 Å². The van der Waals surface area contributed by atoms with Crippen molar-refractivity contribution in [3.8, 4) is 0 Å². The Balaban J connectivity index is 1.47. The largest absolute Gasteiger partial charge is 0.334 e. The molecule has 1 aromatic carbocycles. The summed E-state index contributed by atoms with van der Waals surface area (Å²) in [5.41, 5.74) is 1.33. The smallest absolute Gasteiger partial charge is 0.233 e. The molecule has 3 aromatic rings. The Bertz CT molecular complexity index is 1120. The average Bonchev–Trinajstić information content (AvgIpc) is 3.33. The van der Waals surface area contributed by atoms with Gasteiger partial charge >= 0.3 is 0 Å². The van der Waals surface area contributed by atoms with Gasteiger partial charge in [-0.1, -0.05) is 12.1 Å². The first-order valence-corrected chi connectivity index (χ1v) is 10.5. The molecule has 5 rings (SSSR count). The molecule has 2 N–H and O–H groups in total. The summed E-state index contributed by atoms with van der Waals surface area (Å²) in [5, 5.41) is 10.3. The summed E-state index contributed by atoms with van der Waals surface area (Å²) in [6.07, 6.45) is 7.56. The zero-order valence-corrected chi connectivity index (χ0v) is 17.1. The van der Waals surface area contributed by atoms with Crippen LogP contribution in [0.15, 0.2) is 30.3 Å². The lowest BCUT2D eigenvalue weighted by molar-refractivity contribution is 0.552. The molecule has 0 bridgehead atoms. The minimum absolute atomic E-state index is 0.241. The summed E-state index contributed by atoms with van der Waals surface area (Å²) in [5.74, 6) is 1.47. The molecule has 0 spiro atoms. The summed E-state index contributed by atoms with van der Waals surface area (Å²) >= 11 is 0. The molecule has 1 saturated carbocycles. The van der Waals surface area contributed by atoms with Gasteiger partial charge in [0.25, 0.3) is 0 Å². The van der Waals surface area contributed by atoms with Crippen LogP contribution in [0.4, 0.5) is 26.5 Å². The van der Waals surface area contributed by atoms with Crippen molar-refractivity contribution in [1.82, 2.24) is 25.1 Å². The molecule has 160 valence electrons. The average molecular weight is 423 g/mol. The van der Waals surface area contributed by atoms with Crippen molar-refractivity contribution in [3.63, 3.8) is 0 Å². The lowest BCUT2D eigenvalue weighted by atomic mass is 10.0. The van der Waals surface area contributed by atoms with Crippen LogP contribution in [0.3, 0.4) is 0 Å². The molecule has 1 aliphatic heterocycles. The summed E-state index contributed by atoms with van der Waals surface area (Å²) in [4.78, 5) is 15.9. The van der Waals surface area contributed by atoms with Gasteiger partial charge in [-0.15, -0.1) is 0 Å². The fourth-order valence-electron chi connectivity index (χ4n) is 3.97. The Morgan fingerprint density at radius 3 is 2.77 bits per heavy atom. The first kappa shape index (κ1) is 19.6. The summed E-state index contributed by atoms with van der Waals surface area (Å²) in [6, 6.07) is 5.37. The lowest BCUT2D eigenvalue weighted by Gasteiger charge is -2.26. The Morgan fingerprint density at radius 1 is 1.13 bits per heavy atom. The molecule has 2 aromatic heterocycles. The Labute approximate surface area is 178 Å². The maximum absolute atomic E-state index is 14.5. The maximum Gasteiger partial charge on any atom is 0.233 e. The Hall–Kier alpha value is -3.36. The van der Waals surface area contributed by atoms with E-state index in [1.54, 1.807) is 0 Å². The standard InChI is InChI=1S/C22H23F2N7/c1-2-4-15-12-19(30-29-15)25-21-26-20(13-6-7-13)27-22(28-21)31-10-3-5-18(31)16-9-8-14(23)11-17(16)24/h2,4,8-9,11-13,18H,3,5-7,10H2,1H3,(H2,25,26,27,28,29,30)/b4-2+. The van der Waals surface area contributed by atoms with Crippen molar-refractivity contribution >= 4 is 23.8 Å². The van der Waals surface area contributed by atoms with Crippen molar-refractivity contribution in [2.45, 2.75) is 44.6 Å². The minimum atomic E-state index is -0.579. The second kappa shape index (κ2) is 8.05. The third-order valence-corrected chi connectivity index (χ3v) is 5.60. The lowest BCUT2D eigenvalue weighted by Crippen LogP contribution is -2.26. The molecule has 31 heavy (non-hydrogen) atoms. The molecule has 0 radical (unpaired) electrons. The number of aromatic nitrogens is 5. The number of nitrogens with zero attached hydrogens (tertiary/aromatic N) is 5. The third-order valence-electron chi connectivity index (χ3n) is 5.60. The summed E-state index contributed by atoms with van der Waals surface area (Å²) in [6.45, 7) is 2.63. The van der Waals surface area contributed by atoms with Crippen LogP contribution in [0.1, 0.15) is 61.6 Å². The van der Waals surface area contributed by atoms with Crippen LogP contribution in [-0.4, -0.2) is 31.7 Å². The number of allylic oxidation sites excluding steroid dienone is 1. The number of anilines is 3. The number of rotatable bonds is 6. The van der Waals surface area contributed by atoms with Crippen molar-refractivity contribution < 1.29 is 8.78 Å². The van der Waals surface area contributed by atoms with E-state index in [9.17, 15) is 8.78 Å². The zero-order valence-electron chi connectivity index (χ0n) is 17.1. The van der Waals surface area contributed by atoms with E-state index in [4.69, 9.17) is 4.98 Å². The second-order valence-electron chi connectivity index (χ2n) is 7.94. The van der Waals surface area contributed by atoms with E-state index in [0.29, 0.717) is 35.7 Å². The SMILES string of the molecule is C/C=C/c1cc(Nc2nc(C3CC3)nc(N3CCCC3c3ccc(F)cc3F)n2)n[nH]1. The number of aromatic amines is 1. The quantitative estimate of drug-likeness (QED) is 0.589. The number of H-pyrrole nitrogens is 1. The molecule has 2 aliphatic rings. The van der Waals surface area contributed by atoms with Gasteiger partial charge in [0.2, 0.25) is 11.9 Å². The van der Waals surface area contributed by atoms with Gasteiger partial charge in [-0.05, 0) is 44.7 Å². The fraction of sp³-hybridized carbons (Fsp3) is 0.364. The van der Waals surface area contributed by atoms with Crippen LogP contribution >= 0.6 is 0 Å². The Kier molecular flexibility index (Phi) is 5.09. The molecule has 9 heteroatoms. The van der Waals surface area contributed by atoms with Gasteiger partial charge in [0.1, 0.15) is 17.5 Å². The van der Waals surface area contributed by atoms with Crippen molar-refractivity contribution in [1.29, 1.82) is 0 Å². The highest BCUT2D eigenvalue weighted by atomic mass is 19.1. The zero-order chi connectivity index (χ0) is 21.4. The number of nitrogens with one attached hydrogen (secondary N) is 2. The van der Waals surface area contributed by atoms with Crippen molar-refractivity contribution in [2.24, 2.45) is 0 Å². The Morgan fingerprint density at radius 2 is 2.00 bits per heavy atom. The van der Waals surface area contributed by atoms with Gasteiger partial charge in [0.15, 0.2) is 5.82 Å². The van der Waals surface area contributed by atoms with Gasteiger partial charge in [0.05, 0.1) is 11.7 Å². The predicted octanol–water partition coefficient (Wildman–Crippen LogP) is 4.87. The summed E-state index contributed by atoms with van der Waals surface area (Å²) in [7, 11) is 0. The second-order valence-corrected chi connectivity index (χ2v) is 7.94. The molecule has 2 fully saturated rings. The van der Waals surface area contributed by atoms with Gasteiger partial charge in [-0.25, -0.2) is 8.78 Å². The maximum atomic E-state index is 14.5. The molecule has 1 atom stereocenters. The van der Waals surface area contributed by atoms with E-state index >= 15 is 0 Å². The van der Waals surface area contributed by atoms with Crippen LogP contribution < -0.4 is 10.2 Å². The highest BCUT2D eigenvalue weighted by Gasteiger charge is 2.33. The molecular weight excluding hydrogens is 400 g/mol. The molecular formula is C22H23F2N7.